The number of thiazole rings is 2. The lowest BCUT2D eigenvalue weighted by Crippen LogP contribution is -2.56. The van der Waals surface area contributed by atoms with Crippen LogP contribution in [-0.2, 0) is 4.74 Å². The zero-order valence-corrected chi connectivity index (χ0v) is 23.3. The number of carbonyl (C=O) groups is 2. The number of hydrogen-bond donors (Lipinski definition) is 1. The van der Waals surface area contributed by atoms with Gasteiger partial charge in [-0.25, -0.2) is 29.7 Å². The summed E-state index contributed by atoms with van der Waals surface area (Å²) >= 11 is 3.14. The first kappa shape index (κ1) is 25.3. The number of carbonyl (C=O) groups excluding carboxylic acids is 2. The molecule has 1 N–H and O–H groups in total. The first-order chi connectivity index (χ1) is 18.9. The highest BCUT2D eigenvalue weighted by molar-refractivity contribution is 7.16. The minimum Gasteiger partial charge on any atom is -0.464 e. The second-order valence-electron chi connectivity index (χ2n) is 9.50. The van der Waals surface area contributed by atoms with Crippen LogP contribution in [0.15, 0.2) is 36.1 Å². The topological polar surface area (TPSA) is 126 Å². The third-order valence-corrected chi connectivity index (χ3v) is 8.81. The minimum atomic E-state index is -0.517. The van der Waals surface area contributed by atoms with Gasteiger partial charge >= 0.3 is 5.97 Å². The maximum absolute atomic E-state index is 13.5. The Morgan fingerprint density at radius 3 is 2.44 bits per heavy atom. The van der Waals surface area contributed by atoms with E-state index in [2.05, 4.69) is 35.1 Å². The van der Waals surface area contributed by atoms with Crippen LogP contribution in [0.5, 0.6) is 0 Å². The number of hydrogen-bond acceptors (Lipinski definition) is 12. The zero-order valence-electron chi connectivity index (χ0n) is 21.6. The van der Waals surface area contributed by atoms with Crippen LogP contribution in [0.1, 0.15) is 44.4 Å². The average Bonchev–Trinajstić information content (AvgIpc) is 3.62. The van der Waals surface area contributed by atoms with E-state index < -0.39 is 5.97 Å². The molecule has 0 aromatic carbocycles. The Morgan fingerprint density at radius 1 is 1.03 bits per heavy atom. The summed E-state index contributed by atoms with van der Waals surface area (Å²) in [4.78, 5) is 52.5. The molecule has 11 nitrogen and oxygen atoms in total. The van der Waals surface area contributed by atoms with Crippen LogP contribution in [0.3, 0.4) is 0 Å². The van der Waals surface area contributed by atoms with E-state index in [1.807, 2.05) is 36.3 Å². The van der Waals surface area contributed by atoms with Crippen LogP contribution >= 0.6 is 22.7 Å². The summed E-state index contributed by atoms with van der Waals surface area (Å²) in [5, 5.41) is 7.00. The summed E-state index contributed by atoms with van der Waals surface area (Å²) in [7, 11) is 1.31. The molecule has 6 heterocycles. The standard InChI is InChI=1S/C26H26N8O3S2/c1-14-23(39-15(2)30-14)20-13-38-26(31-20)32-21-7-4-16(8-28-21)24(35)34-17-5-6-18(34)12-33(11-17)22-10-27-19(9-29-22)25(36)37-3/h4,7-10,13,17-18H,5-6,11-12H2,1-3H3,(H,28,31,32). The van der Waals surface area contributed by atoms with Crippen molar-refractivity contribution in [2.24, 2.45) is 0 Å². The van der Waals surface area contributed by atoms with Crippen LogP contribution in [0, 0.1) is 13.8 Å². The molecule has 2 unspecified atom stereocenters. The molecule has 13 heteroatoms. The van der Waals surface area contributed by atoms with Crippen molar-refractivity contribution in [2.45, 2.75) is 38.8 Å². The predicted molar refractivity (Wildman–Crippen MR) is 149 cm³/mol. The number of piperazine rings is 1. The van der Waals surface area contributed by atoms with Gasteiger partial charge in [0.1, 0.15) is 11.6 Å². The third kappa shape index (κ3) is 4.94. The van der Waals surface area contributed by atoms with Crippen molar-refractivity contribution in [3.8, 4) is 10.6 Å². The fraction of sp³-hybridized carbons (Fsp3) is 0.346. The lowest BCUT2D eigenvalue weighted by molar-refractivity contribution is 0.0591. The molecule has 0 spiro atoms. The Labute approximate surface area is 232 Å². The number of esters is 1. The van der Waals surface area contributed by atoms with Crippen LogP contribution < -0.4 is 10.2 Å². The monoisotopic (exact) mass is 562 g/mol. The second kappa shape index (κ2) is 10.3. The third-order valence-electron chi connectivity index (χ3n) is 6.96. The highest BCUT2D eigenvalue weighted by atomic mass is 32.1. The van der Waals surface area contributed by atoms with Gasteiger partial charge in [-0.3, -0.25) is 4.79 Å². The fourth-order valence-corrected chi connectivity index (χ4v) is 6.84. The van der Waals surface area contributed by atoms with E-state index in [4.69, 9.17) is 4.74 Å². The van der Waals surface area contributed by atoms with E-state index in [9.17, 15) is 9.59 Å². The first-order valence-corrected chi connectivity index (χ1v) is 14.2. The normalized spacial score (nSPS) is 18.3. The summed E-state index contributed by atoms with van der Waals surface area (Å²) in [6.45, 7) is 5.30. The highest BCUT2D eigenvalue weighted by Gasteiger charge is 2.43. The average molecular weight is 563 g/mol. The molecule has 2 saturated heterocycles. The highest BCUT2D eigenvalue weighted by Crippen LogP contribution is 2.34. The Balaban J connectivity index is 1.10. The first-order valence-electron chi connectivity index (χ1n) is 12.5. The Bertz CT molecular complexity index is 1500. The van der Waals surface area contributed by atoms with Crippen molar-refractivity contribution in [1.29, 1.82) is 0 Å². The van der Waals surface area contributed by atoms with Crippen molar-refractivity contribution in [3.05, 3.63) is 58.1 Å². The molecule has 0 aliphatic carbocycles. The molecule has 2 atom stereocenters. The smallest absolute Gasteiger partial charge is 0.358 e. The van der Waals surface area contributed by atoms with E-state index in [0.29, 0.717) is 30.3 Å². The number of pyridine rings is 1. The molecular formula is C26H26N8O3S2. The summed E-state index contributed by atoms with van der Waals surface area (Å²) in [6.07, 6.45) is 6.50. The van der Waals surface area contributed by atoms with Crippen LogP contribution in [0.25, 0.3) is 10.6 Å². The van der Waals surface area contributed by atoms with Crippen LogP contribution in [0.4, 0.5) is 16.8 Å². The second-order valence-corrected chi connectivity index (χ2v) is 11.6. The number of methoxy groups -OCH3 is 1. The van der Waals surface area contributed by atoms with Gasteiger partial charge in [0, 0.05) is 24.7 Å². The molecule has 4 aromatic rings. The maximum Gasteiger partial charge on any atom is 0.358 e. The van der Waals surface area contributed by atoms with E-state index in [0.717, 1.165) is 39.2 Å². The number of ether oxygens (including phenoxy) is 1. The summed E-state index contributed by atoms with van der Waals surface area (Å²) in [5.74, 6) is 0.791. The SMILES string of the molecule is COC(=O)c1cnc(N2CC3CCC(C2)N3C(=O)c2ccc(Nc3nc(-c4sc(C)nc4C)cs3)nc2)cn1. The van der Waals surface area contributed by atoms with E-state index in [1.54, 1.807) is 23.7 Å². The molecule has 39 heavy (non-hydrogen) atoms. The van der Waals surface area contributed by atoms with E-state index >= 15 is 0 Å². The van der Waals surface area contributed by atoms with Gasteiger partial charge < -0.3 is 19.9 Å². The summed E-state index contributed by atoms with van der Waals surface area (Å²) < 4.78 is 4.69. The number of fused-ring (bicyclic) bond motifs is 2. The number of rotatable bonds is 6. The van der Waals surface area contributed by atoms with E-state index in [-0.39, 0.29) is 23.7 Å². The van der Waals surface area contributed by atoms with Crippen LogP contribution in [-0.4, -0.2) is 74.0 Å². The van der Waals surface area contributed by atoms with Crippen molar-refractivity contribution in [1.82, 2.24) is 29.8 Å². The van der Waals surface area contributed by atoms with Gasteiger partial charge in [0.2, 0.25) is 0 Å². The lowest BCUT2D eigenvalue weighted by Gasteiger charge is -2.41. The van der Waals surface area contributed by atoms with Gasteiger partial charge in [-0.1, -0.05) is 0 Å². The molecule has 2 bridgehead atoms. The van der Waals surface area contributed by atoms with Gasteiger partial charge in [0.25, 0.3) is 5.91 Å². The van der Waals surface area contributed by atoms with Gasteiger partial charge in [-0.2, -0.15) is 0 Å². The van der Waals surface area contributed by atoms with Gasteiger partial charge in [0.15, 0.2) is 10.8 Å². The maximum atomic E-state index is 13.5. The molecule has 2 aliphatic rings. The van der Waals surface area contributed by atoms with Crippen molar-refractivity contribution < 1.29 is 14.3 Å². The Kier molecular flexibility index (Phi) is 6.69. The quantitative estimate of drug-likeness (QED) is 0.343. The molecule has 0 radical (unpaired) electrons. The summed E-state index contributed by atoms with van der Waals surface area (Å²) in [6, 6.07) is 3.77. The molecular weight excluding hydrogens is 536 g/mol. The van der Waals surface area contributed by atoms with E-state index in [1.165, 1.54) is 24.6 Å². The zero-order chi connectivity index (χ0) is 27.1. The number of nitrogens with zero attached hydrogens (tertiary/aromatic N) is 7. The van der Waals surface area contributed by atoms with Crippen molar-refractivity contribution in [2.75, 3.05) is 30.4 Å². The number of aryl methyl sites for hydroxylation is 2. The fourth-order valence-electron chi connectivity index (χ4n) is 5.17. The number of aromatic nitrogens is 5. The van der Waals surface area contributed by atoms with Crippen LogP contribution in [0.2, 0.25) is 0 Å². The Morgan fingerprint density at radius 2 is 1.82 bits per heavy atom. The largest absolute Gasteiger partial charge is 0.464 e. The van der Waals surface area contributed by atoms with Gasteiger partial charge in [-0.05, 0) is 38.8 Å². The van der Waals surface area contributed by atoms with Crippen molar-refractivity contribution >= 4 is 51.3 Å². The van der Waals surface area contributed by atoms with Gasteiger partial charge in [-0.15, -0.1) is 22.7 Å². The molecule has 200 valence electrons. The number of nitrogens with one attached hydrogen (secondary N) is 1. The molecule has 4 aromatic heterocycles. The molecule has 2 fully saturated rings. The minimum absolute atomic E-state index is 0.0131. The molecule has 2 aliphatic heterocycles. The lowest BCUT2D eigenvalue weighted by atomic mass is 10.1. The number of anilines is 3. The number of amides is 1. The van der Waals surface area contributed by atoms with Crippen molar-refractivity contribution in [3.63, 3.8) is 0 Å². The Hall–Kier alpha value is -3.97. The van der Waals surface area contributed by atoms with Gasteiger partial charge in [0.05, 0.1) is 58.4 Å². The predicted octanol–water partition coefficient (Wildman–Crippen LogP) is 4.09. The molecule has 0 saturated carbocycles. The summed E-state index contributed by atoms with van der Waals surface area (Å²) in [5.41, 5.74) is 2.61. The molecule has 1 amide bonds. The molecule has 6 rings (SSSR count).